The number of benzene rings is 1. The van der Waals surface area contributed by atoms with E-state index >= 15 is 0 Å². The van der Waals surface area contributed by atoms with Crippen LogP contribution in [0.25, 0.3) is 0 Å². The molecule has 6 heteroatoms. The quantitative estimate of drug-likeness (QED) is 0.711. The molecule has 1 aromatic carbocycles. The first-order valence-corrected chi connectivity index (χ1v) is 8.52. The normalized spacial score (nSPS) is 10.9. The Kier molecular flexibility index (Phi) is 6.72. The van der Waals surface area contributed by atoms with Gasteiger partial charge in [0.1, 0.15) is 11.2 Å². The van der Waals surface area contributed by atoms with Crippen molar-refractivity contribution in [1.29, 1.82) is 0 Å². The summed E-state index contributed by atoms with van der Waals surface area (Å²) in [5.41, 5.74) is 0.782. The molecule has 0 aliphatic rings. The van der Waals surface area contributed by atoms with E-state index in [9.17, 15) is 9.59 Å². The number of methoxy groups -OCH3 is 1. The second kappa shape index (κ2) is 8.99. The zero-order chi connectivity index (χ0) is 19.0. The van der Waals surface area contributed by atoms with Gasteiger partial charge in [0, 0.05) is 25.5 Å². The predicted molar refractivity (Wildman–Crippen MR) is 99.6 cm³/mol. The topological polar surface area (TPSA) is 80.3 Å². The molecule has 2 aromatic rings. The van der Waals surface area contributed by atoms with Crippen molar-refractivity contribution in [2.24, 2.45) is 5.41 Å². The van der Waals surface area contributed by atoms with E-state index in [0.29, 0.717) is 19.5 Å². The molecule has 1 heterocycles. The second-order valence-electron chi connectivity index (χ2n) is 6.48. The van der Waals surface area contributed by atoms with E-state index in [1.165, 1.54) is 0 Å². The maximum Gasteiger partial charge on any atom is 0.235 e. The molecule has 0 aliphatic carbocycles. The maximum atomic E-state index is 12.4. The lowest BCUT2D eigenvalue weighted by atomic mass is 9.91. The zero-order valence-corrected chi connectivity index (χ0v) is 15.4. The third-order valence-corrected chi connectivity index (χ3v) is 4.21. The lowest BCUT2D eigenvalue weighted by Gasteiger charge is -2.23. The number of hydrogen-bond donors (Lipinski definition) is 2. The highest BCUT2D eigenvalue weighted by Crippen LogP contribution is 2.18. The van der Waals surface area contributed by atoms with Gasteiger partial charge in [-0.1, -0.05) is 18.2 Å². The molecule has 0 saturated carbocycles. The Labute approximate surface area is 154 Å². The highest BCUT2D eigenvalue weighted by Gasteiger charge is 2.35. The Morgan fingerprint density at radius 2 is 1.69 bits per heavy atom. The molecule has 0 saturated heterocycles. The van der Waals surface area contributed by atoms with Crippen molar-refractivity contribution in [3.05, 3.63) is 59.9 Å². The molecule has 2 N–H and O–H groups in total. The molecule has 1 aromatic heterocycles. The van der Waals surface area contributed by atoms with Gasteiger partial charge in [0.2, 0.25) is 11.8 Å². The predicted octanol–water partition coefficient (Wildman–Crippen LogP) is 2.09. The Balaban J connectivity index is 1.85. The second-order valence-corrected chi connectivity index (χ2v) is 6.48. The fraction of sp³-hybridized carbons (Fsp3) is 0.350. The Hall–Kier alpha value is -2.89. The van der Waals surface area contributed by atoms with Gasteiger partial charge in [-0.05, 0) is 49.6 Å². The van der Waals surface area contributed by atoms with Crippen molar-refractivity contribution in [3.8, 4) is 5.75 Å². The molecule has 0 radical (unpaired) electrons. The van der Waals surface area contributed by atoms with E-state index in [4.69, 9.17) is 4.74 Å². The third kappa shape index (κ3) is 5.05. The monoisotopic (exact) mass is 355 g/mol. The first kappa shape index (κ1) is 19.4. The van der Waals surface area contributed by atoms with Gasteiger partial charge in [0.15, 0.2) is 0 Å². The lowest BCUT2D eigenvalue weighted by molar-refractivity contribution is -0.141. The summed E-state index contributed by atoms with van der Waals surface area (Å²) in [6.07, 6.45) is 3.96. The number of nitrogens with one attached hydrogen (secondary N) is 2. The summed E-state index contributed by atoms with van der Waals surface area (Å²) >= 11 is 0. The Morgan fingerprint density at radius 3 is 2.38 bits per heavy atom. The molecule has 0 unspecified atom stereocenters. The van der Waals surface area contributed by atoms with Crippen LogP contribution in [0, 0.1) is 5.41 Å². The van der Waals surface area contributed by atoms with Gasteiger partial charge in [-0.15, -0.1) is 0 Å². The lowest BCUT2D eigenvalue weighted by Crippen LogP contribution is -2.48. The fourth-order valence-electron chi connectivity index (χ4n) is 2.45. The van der Waals surface area contributed by atoms with E-state index < -0.39 is 5.41 Å². The summed E-state index contributed by atoms with van der Waals surface area (Å²) < 4.78 is 5.30. The van der Waals surface area contributed by atoms with Crippen LogP contribution in [0.5, 0.6) is 5.75 Å². The standard InChI is InChI=1S/C20H25N3O3/c1-20(2,19(25)23-14-15-8-11-21-12-9-15)18(24)22-13-10-16-6-4-5-7-17(16)26-3/h4-9,11-12H,10,13-14H2,1-3H3,(H,22,24)(H,23,25). The Bertz CT molecular complexity index is 745. The highest BCUT2D eigenvalue weighted by molar-refractivity contribution is 6.04. The molecule has 0 atom stereocenters. The van der Waals surface area contributed by atoms with Crippen LogP contribution >= 0.6 is 0 Å². The van der Waals surface area contributed by atoms with Crippen molar-refractivity contribution >= 4 is 11.8 Å². The minimum atomic E-state index is -1.16. The number of carbonyl (C=O) groups is 2. The maximum absolute atomic E-state index is 12.4. The number of rotatable bonds is 8. The molecule has 0 fully saturated rings. The number of nitrogens with zero attached hydrogens (tertiary/aromatic N) is 1. The number of para-hydroxylation sites is 1. The molecular weight excluding hydrogens is 330 g/mol. The van der Waals surface area contributed by atoms with Gasteiger partial charge in [-0.3, -0.25) is 14.6 Å². The van der Waals surface area contributed by atoms with Gasteiger partial charge in [-0.2, -0.15) is 0 Å². The minimum absolute atomic E-state index is 0.306. The van der Waals surface area contributed by atoms with Crippen LogP contribution < -0.4 is 15.4 Å². The van der Waals surface area contributed by atoms with Gasteiger partial charge in [-0.25, -0.2) is 0 Å². The van der Waals surface area contributed by atoms with Gasteiger partial charge in [0.05, 0.1) is 7.11 Å². The van der Waals surface area contributed by atoms with E-state index in [1.54, 1.807) is 33.4 Å². The molecule has 0 aliphatic heterocycles. The summed E-state index contributed by atoms with van der Waals surface area (Å²) in [6, 6.07) is 11.3. The highest BCUT2D eigenvalue weighted by atomic mass is 16.5. The summed E-state index contributed by atoms with van der Waals surface area (Å²) in [5.74, 6) is 0.167. The molecule has 138 valence electrons. The van der Waals surface area contributed by atoms with Crippen molar-refractivity contribution in [3.63, 3.8) is 0 Å². The van der Waals surface area contributed by atoms with Gasteiger partial charge >= 0.3 is 0 Å². The van der Waals surface area contributed by atoms with Crippen molar-refractivity contribution in [2.75, 3.05) is 13.7 Å². The van der Waals surface area contributed by atoms with Crippen LogP contribution in [0.4, 0.5) is 0 Å². The van der Waals surface area contributed by atoms with Crippen LogP contribution in [0.15, 0.2) is 48.8 Å². The molecule has 2 rings (SSSR count). The zero-order valence-electron chi connectivity index (χ0n) is 15.4. The fourth-order valence-corrected chi connectivity index (χ4v) is 2.45. The summed E-state index contributed by atoms with van der Waals surface area (Å²) in [4.78, 5) is 28.8. The van der Waals surface area contributed by atoms with Crippen molar-refractivity contribution in [1.82, 2.24) is 15.6 Å². The van der Waals surface area contributed by atoms with Crippen molar-refractivity contribution < 1.29 is 14.3 Å². The summed E-state index contributed by atoms with van der Waals surface area (Å²) in [5, 5.41) is 5.64. The number of aromatic nitrogens is 1. The first-order chi connectivity index (χ1) is 12.4. The van der Waals surface area contributed by atoms with Crippen LogP contribution in [0.1, 0.15) is 25.0 Å². The van der Waals surface area contributed by atoms with Gasteiger partial charge < -0.3 is 15.4 Å². The van der Waals surface area contributed by atoms with Crippen molar-refractivity contribution in [2.45, 2.75) is 26.8 Å². The molecular formula is C20H25N3O3. The Morgan fingerprint density at radius 1 is 1.04 bits per heavy atom. The molecule has 6 nitrogen and oxygen atoms in total. The average Bonchev–Trinajstić information content (AvgIpc) is 2.67. The third-order valence-electron chi connectivity index (χ3n) is 4.21. The summed E-state index contributed by atoms with van der Waals surface area (Å²) in [6.45, 7) is 4.03. The number of pyridine rings is 1. The average molecular weight is 355 g/mol. The number of amides is 2. The smallest absolute Gasteiger partial charge is 0.235 e. The van der Waals surface area contributed by atoms with Crippen LogP contribution in [-0.2, 0) is 22.6 Å². The van der Waals surface area contributed by atoms with Crippen LogP contribution in [0.3, 0.4) is 0 Å². The first-order valence-electron chi connectivity index (χ1n) is 8.52. The minimum Gasteiger partial charge on any atom is -0.496 e. The molecule has 0 bridgehead atoms. The summed E-state index contributed by atoms with van der Waals surface area (Å²) in [7, 11) is 1.62. The largest absolute Gasteiger partial charge is 0.496 e. The molecule has 2 amide bonds. The number of hydrogen-bond acceptors (Lipinski definition) is 4. The van der Waals surface area contributed by atoms with E-state index in [2.05, 4.69) is 15.6 Å². The number of ether oxygens (including phenoxy) is 1. The van der Waals surface area contributed by atoms with Crippen LogP contribution in [-0.4, -0.2) is 30.5 Å². The number of carbonyl (C=O) groups excluding carboxylic acids is 2. The SMILES string of the molecule is COc1ccccc1CCNC(=O)C(C)(C)C(=O)NCc1ccncc1. The van der Waals surface area contributed by atoms with E-state index in [0.717, 1.165) is 16.9 Å². The van der Waals surface area contributed by atoms with E-state index in [-0.39, 0.29) is 11.8 Å². The van der Waals surface area contributed by atoms with Gasteiger partial charge in [0.25, 0.3) is 0 Å². The van der Waals surface area contributed by atoms with E-state index in [1.807, 2.05) is 36.4 Å². The molecule has 0 spiro atoms. The van der Waals surface area contributed by atoms with Crippen LogP contribution in [0.2, 0.25) is 0 Å². The molecule has 26 heavy (non-hydrogen) atoms.